The molecule has 2 amide bonds. The third-order valence-corrected chi connectivity index (χ3v) is 5.12. The van der Waals surface area contributed by atoms with Crippen LogP contribution in [0.5, 0.6) is 0 Å². The van der Waals surface area contributed by atoms with Crippen LogP contribution in [0.1, 0.15) is 48.6 Å². The van der Waals surface area contributed by atoms with Gasteiger partial charge in [-0.2, -0.15) is 0 Å². The first-order valence-electron chi connectivity index (χ1n) is 10.0. The van der Waals surface area contributed by atoms with Gasteiger partial charge < -0.3 is 15.4 Å². The fourth-order valence-corrected chi connectivity index (χ4v) is 3.49. The molecule has 2 heterocycles. The van der Waals surface area contributed by atoms with E-state index in [-0.39, 0.29) is 12.2 Å². The molecule has 172 valence electrons. The van der Waals surface area contributed by atoms with Crippen molar-refractivity contribution in [2.24, 2.45) is 0 Å². The van der Waals surface area contributed by atoms with Crippen LogP contribution in [0.3, 0.4) is 0 Å². The molecule has 0 spiro atoms. The number of nitrogens with one attached hydrogen (secondary N) is 2. The maximum Gasteiger partial charge on any atom is 0.408 e. The summed E-state index contributed by atoms with van der Waals surface area (Å²) in [6.45, 7) is 5.20. The molecule has 1 aromatic carbocycles. The molecule has 8 nitrogen and oxygen atoms in total. The molecule has 3 rings (SSSR count). The second kappa shape index (κ2) is 10.5. The van der Waals surface area contributed by atoms with Gasteiger partial charge in [-0.3, -0.25) is 14.6 Å². The average molecular weight is 487 g/mol. The van der Waals surface area contributed by atoms with Gasteiger partial charge in [0, 0.05) is 16.1 Å². The number of carbonyl (C=O) groups is 3. The summed E-state index contributed by atoms with van der Waals surface area (Å²) >= 11 is 7.30. The first-order valence-corrected chi connectivity index (χ1v) is 11.3. The Morgan fingerprint density at radius 1 is 1.09 bits per heavy atom. The Morgan fingerprint density at radius 2 is 1.82 bits per heavy atom. The van der Waals surface area contributed by atoms with E-state index in [1.165, 1.54) is 17.5 Å². The largest absolute Gasteiger partial charge is 0.444 e. The predicted molar refractivity (Wildman–Crippen MR) is 127 cm³/mol. The lowest BCUT2D eigenvalue weighted by Gasteiger charge is -2.23. The summed E-state index contributed by atoms with van der Waals surface area (Å²) in [5, 5.41) is 7.51. The second-order valence-corrected chi connectivity index (χ2v) is 9.29. The number of ketones is 1. The molecular formula is C23H23ClN4O4S. The molecule has 1 atom stereocenters. The Hall–Kier alpha value is -3.30. The summed E-state index contributed by atoms with van der Waals surface area (Å²) < 4.78 is 5.29. The number of aromatic nitrogens is 2. The topological polar surface area (TPSA) is 110 Å². The molecule has 0 aliphatic rings. The molecule has 2 N–H and O–H groups in total. The highest BCUT2D eigenvalue weighted by molar-refractivity contribution is 7.07. The number of carbonyl (C=O) groups excluding carboxylic acids is 3. The minimum absolute atomic E-state index is 0.103. The van der Waals surface area contributed by atoms with Crippen molar-refractivity contribution in [3.8, 4) is 0 Å². The summed E-state index contributed by atoms with van der Waals surface area (Å²) in [7, 11) is 0. The minimum Gasteiger partial charge on any atom is -0.444 e. The predicted octanol–water partition coefficient (Wildman–Crippen LogP) is 4.82. The molecule has 0 aliphatic carbocycles. The molecule has 2 aromatic heterocycles. The van der Waals surface area contributed by atoms with Crippen molar-refractivity contribution in [2.45, 2.75) is 38.8 Å². The van der Waals surface area contributed by atoms with E-state index in [2.05, 4.69) is 20.6 Å². The first-order chi connectivity index (χ1) is 15.6. The zero-order valence-electron chi connectivity index (χ0n) is 18.3. The van der Waals surface area contributed by atoms with E-state index in [1.807, 2.05) is 0 Å². The van der Waals surface area contributed by atoms with Gasteiger partial charge in [0.05, 0.1) is 23.8 Å². The van der Waals surface area contributed by atoms with Crippen molar-refractivity contribution in [2.75, 3.05) is 5.32 Å². The molecule has 33 heavy (non-hydrogen) atoms. The number of hydrogen-bond donors (Lipinski definition) is 2. The molecular weight excluding hydrogens is 464 g/mol. The average Bonchev–Trinajstić information content (AvgIpc) is 3.28. The van der Waals surface area contributed by atoms with E-state index in [1.54, 1.807) is 68.1 Å². The van der Waals surface area contributed by atoms with Gasteiger partial charge in [-0.15, -0.1) is 11.3 Å². The van der Waals surface area contributed by atoms with Gasteiger partial charge in [-0.05, 0) is 50.6 Å². The van der Waals surface area contributed by atoms with Crippen molar-refractivity contribution in [1.29, 1.82) is 0 Å². The summed E-state index contributed by atoms with van der Waals surface area (Å²) in [6.07, 6.45) is 0.825. The van der Waals surface area contributed by atoms with Crippen LogP contribution in [-0.4, -0.2) is 33.4 Å². The maximum absolute atomic E-state index is 13.0. The molecule has 0 fully saturated rings. The van der Waals surface area contributed by atoms with Gasteiger partial charge in [0.1, 0.15) is 17.3 Å². The van der Waals surface area contributed by atoms with Crippen LogP contribution in [0.2, 0.25) is 5.02 Å². The summed E-state index contributed by atoms with van der Waals surface area (Å²) in [5.41, 5.74) is 2.77. The van der Waals surface area contributed by atoms with Crippen molar-refractivity contribution in [3.63, 3.8) is 0 Å². The molecule has 0 aliphatic heterocycles. The Balaban J connectivity index is 1.71. The van der Waals surface area contributed by atoms with Crippen LogP contribution in [0.4, 0.5) is 10.5 Å². The van der Waals surface area contributed by atoms with E-state index in [0.717, 1.165) is 0 Å². The third-order valence-electron chi connectivity index (χ3n) is 4.28. The van der Waals surface area contributed by atoms with Crippen molar-refractivity contribution < 1.29 is 19.1 Å². The molecule has 0 saturated carbocycles. The maximum atomic E-state index is 13.0. The fourth-order valence-electron chi connectivity index (χ4n) is 2.80. The van der Waals surface area contributed by atoms with Crippen LogP contribution in [0, 0.1) is 0 Å². The Labute approximate surface area is 200 Å². The van der Waals surface area contributed by atoms with Crippen LogP contribution >= 0.6 is 22.9 Å². The number of hydrogen-bond acceptors (Lipinski definition) is 7. The highest BCUT2D eigenvalue weighted by Crippen LogP contribution is 2.20. The highest BCUT2D eigenvalue weighted by atomic mass is 35.5. The Kier molecular flexibility index (Phi) is 7.78. The summed E-state index contributed by atoms with van der Waals surface area (Å²) in [4.78, 5) is 45.8. The number of halogens is 1. The Bertz CT molecular complexity index is 1110. The zero-order valence-corrected chi connectivity index (χ0v) is 19.9. The number of anilines is 1. The van der Waals surface area contributed by atoms with Gasteiger partial charge in [0.2, 0.25) is 0 Å². The lowest BCUT2D eigenvalue weighted by Crippen LogP contribution is -2.40. The molecule has 3 aromatic rings. The van der Waals surface area contributed by atoms with Crippen LogP contribution < -0.4 is 10.6 Å². The van der Waals surface area contributed by atoms with Crippen LogP contribution in [0.15, 0.2) is 53.5 Å². The standard InChI is InChI=1S/C23H23ClN4O4S/c1-23(2,3)32-22(31)28-20(14-4-6-15(24)7-5-14)21(30)27-17-9-8-16(25-11-17)10-19(29)18-12-33-13-26-18/h4-9,11-13,20H,10H2,1-3H3,(H,27,30)(H,28,31). The molecule has 0 radical (unpaired) electrons. The van der Waals surface area contributed by atoms with Crippen molar-refractivity contribution >= 4 is 46.4 Å². The number of nitrogens with zero attached hydrogens (tertiary/aromatic N) is 2. The SMILES string of the molecule is CC(C)(C)OC(=O)NC(C(=O)Nc1ccc(CC(=O)c2cscn2)nc1)c1ccc(Cl)cc1. The number of benzene rings is 1. The lowest BCUT2D eigenvalue weighted by atomic mass is 10.1. The van der Waals surface area contributed by atoms with Gasteiger partial charge in [-0.25, -0.2) is 9.78 Å². The fraction of sp³-hybridized carbons (Fsp3) is 0.261. The molecule has 10 heteroatoms. The molecule has 0 bridgehead atoms. The number of amides is 2. The minimum atomic E-state index is -1.02. The van der Waals surface area contributed by atoms with E-state index in [0.29, 0.717) is 27.7 Å². The van der Waals surface area contributed by atoms with Crippen LogP contribution in [0.25, 0.3) is 0 Å². The summed E-state index contributed by atoms with van der Waals surface area (Å²) in [6, 6.07) is 8.82. The van der Waals surface area contributed by atoms with E-state index in [4.69, 9.17) is 16.3 Å². The van der Waals surface area contributed by atoms with Gasteiger partial charge >= 0.3 is 6.09 Å². The van der Waals surface area contributed by atoms with Crippen molar-refractivity contribution in [3.05, 3.63) is 75.5 Å². The summed E-state index contributed by atoms with van der Waals surface area (Å²) in [5.74, 6) is -0.624. The van der Waals surface area contributed by atoms with Gasteiger partial charge in [-0.1, -0.05) is 23.7 Å². The molecule has 0 saturated heterocycles. The lowest BCUT2D eigenvalue weighted by molar-refractivity contribution is -0.118. The van der Waals surface area contributed by atoms with Gasteiger partial charge in [0.15, 0.2) is 5.78 Å². The molecule has 1 unspecified atom stereocenters. The number of Topliss-reactive ketones (excluding diaryl/α,β-unsaturated/α-hetero) is 1. The van der Waals surface area contributed by atoms with Crippen molar-refractivity contribution in [1.82, 2.24) is 15.3 Å². The number of thiazole rings is 1. The number of ether oxygens (including phenoxy) is 1. The second-order valence-electron chi connectivity index (χ2n) is 8.13. The number of pyridine rings is 1. The number of rotatable bonds is 7. The monoisotopic (exact) mass is 486 g/mol. The third kappa shape index (κ3) is 7.37. The highest BCUT2D eigenvalue weighted by Gasteiger charge is 2.26. The Morgan fingerprint density at radius 3 is 2.39 bits per heavy atom. The van der Waals surface area contributed by atoms with E-state index >= 15 is 0 Å². The quantitative estimate of drug-likeness (QED) is 0.463. The first kappa shape index (κ1) is 24.3. The number of alkyl carbamates (subject to hydrolysis) is 1. The van der Waals surface area contributed by atoms with Gasteiger partial charge in [0.25, 0.3) is 5.91 Å². The van der Waals surface area contributed by atoms with E-state index < -0.39 is 23.6 Å². The normalized spacial score (nSPS) is 12.0. The van der Waals surface area contributed by atoms with Crippen LogP contribution in [-0.2, 0) is 16.0 Å². The smallest absolute Gasteiger partial charge is 0.408 e. The van der Waals surface area contributed by atoms with E-state index in [9.17, 15) is 14.4 Å². The zero-order chi connectivity index (χ0) is 24.0.